The second-order valence-electron chi connectivity index (χ2n) is 8.72. The Morgan fingerprint density at radius 3 is 2.43 bits per heavy atom. The Labute approximate surface area is 180 Å². The summed E-state index contributed by atoms with van der Waals surface area (Å²) in [7, 11) is 0. The molecule has 2 heteroatoms. The fraction of sp³-hybridized carbons (Fsp3) is 0.393. The lowest BCUT2D eigenvalue weighted by atomic mass is 9.75. The van der Waals surface area contributed by atoms with Crippen molar-refractivity contribution < 1.29 is 4.74 Å². The molecule has 3 aromatic rings. The fourth-order valence-electron chi connectivity index (χ4n) is 4.79. The monoisotopic (exact) mass is 397 g/mol. The van der Waals surface area contributed by atoms with Gasteiger partial charge in [0, 0.05) is 13.2 Å². The zero-order chi connectivity index (χ0) is 20.8. The van der Waals surface area contributed by atoms with Crippen molar-refractivity contribution in [2.24, 2.45) is 0 Å². The maximum absolute atomic E-state index is 9.74. The molecule has 4 rings (SSSR count). The first-order valence-electron chi connectivity index (χ1n) is 11.3. The number of ether oxygens (including phenoxy) is 1. The summed E-state index contributed by atoms with van der Waals surface area (Å²) in [5.41, 5.74) is 3.64. The molecule has 1 heterocycles. The Morgan fingerprint density at radius 1 is 0.933 bits per heavy atom. The molecule has 30 heavy (non-hydrogen) atoms. The van der Waals surface area contributed by atoms with Crippen LogP contribution in [-0.4, -0.2) is 13.2 Å². The van der Waals surface area contributed by atoms with Gasteiger partial charge in [-0.2, -0.15) is 5.26 Å². The summed E-state index contributed by atoms with van der Waals surface area (Å²) in [5, 5.41) is 12.5. The van der Waals surface area contributed by atoms with Crippen LogP contribution >= 0.6 is 0 Å². The average Bonchev–Trinajstić information content (AvgIpc) is 2.82. The molecule has 0 aliphatic carbocycles. The number of nitriles is 1. The molecule has 0 spiro atoms. The van der Waals surface area contributed by atoms with Crippen molar-refractivity contribution in [1.82, 2.24) is 0 Å². The van der Waals surface area contributed by atoms with Gasteiger partial charge in [-0.1, -0.05) is 80.1 Å². The van der Waals surface area contributed by atoms with Crippen LogP contribution in [0.4, 0.5) is 0 Å². The molecule has 0 radical (unpaired) electrons. The van der Waals surface area contributed by atoms with E-state index in [9.17, 15) is 5.26 Å². The summed E-state index contributed by atoms with van der Waals surface area (Å²) in [6.07, 6.45) is 6.34. The quantitative estimate of drug-likeness (QED) is 0.405. The van der Waals surface area contributed by atoms with E-state index in [1.807, 2.05) is 0 Å². The highest BCUT2D eigenvalue weighted by Gasteiger charge is 2.34. The van der Waals surface area contributed by atoms with E-state index in [2.05, 4.69) is 79.7 Å². The van der Waals surface area contributed by atoms with Crippen LogP contribution in [0.3, 0.4) is 0 Å². The van der Waals surface area contributed by atoms with Crippen molar-refractivity contribution in [3.63, 3.8) is 0 Å². The van der Waals surface area contributed by atoms with Gasteiger partial charge in [0.05, 0.1) is 11.5 Å². The summed E-state index contributed by atoms with van der Waals surface area (Å²) in [6.45, 7) is 3.72. The summed E-state index contributed by atoms with van der Waals surface area (Å²) in [6, 6.07) is 26.7. The number of unbranched alkanes of at least 4 members (excludes halogenated alkanes) is 1. The SMILES string of the molecule is C[C@@H](CCCCc1ccc(C2(C#N)CCOCC2)cc1)c1cccc2ccccc12. The van der Waals surface area contributed by atoms with Crippen molar-refractivity contribution in [2.75, 3.05) is 13.2 Å². The zero-order valence-corrected chi connectivity index (χ0v) is 17.9. The molecule has 0 bridgehead atoms. The van der Waals surface area contributed by atoms with Gasteiger partial charge in [-0.25, -0.2) is 0 Å². The van der Waals surface area contributed by atoms with Crippen LogP contribution in [0.15, 0.2) is 66.7 Å². The van der Waals surface area contributed by atoms with E-state index in [0.717, 1.165) is 24.8 Å². The molecular weight excluding hydrogens is 366 g/mol. The maximum atomic E-state index is 9.74. The summed E-state index contributed by atoms with van der Waals surface area (Å²) in [4.78, 5) is 0. The van der Waals surface area contributed by atoms with E-state index < -0.39 is 0 Å². The molecule has 1 saturated heterocycles. The first-order valence-corrected chi connectivity index (χ1v) is 11.3. The predicted molar refractivity (Wildman–Crippen MR) is 124 cm³/mol. The number of rotatable bonds is 7. The van der Waals surface area contributed by atoms with Gasteiger partial charge in [0.25, 0.3) is 0 Å². The van der Waals surface area contributed by atoms with Gasteiger partial charge in [-0.05, 0) is 65.5 Å². The minimum absolute atomic E-state index is 0.356. The number of fused-ring (bicyclic) bond motifs is 1. The van der Waals surface area contributed by atoms with Crippen LogP contribution < -0.4 is 0 Å². The molecule has 1 atom stereocenters. The van der Waals surface area contributed by atoms with Crippen LogP contribution in [0.1, 0.15) is 61.6 Å². The Morgan fingerprint density at radius 2 is 1.67 bits per heavy atom. The summed E-state index contributed by atoms with van der Waals surface area (Å²) >= 11 is 0. The molecule has 154 valence electrons. The molecular formula is C28H31NO. The highest BCUT2D eigenvalue weighted by atomic mass is 16.5. The summed E-state index contributed by atoms with van der Waals surface area (Å²) < 4.78 is 5.46. The Hall–Kier alpha value is -2.63. The van der Waals surface area contributed by atoms with Crippen molar-refractivity contribution in [3.8, 4) is 6.07 Å². The molecule has 0 N–H and O–H groups in total. The standard InChI is InChI=1S/C28H31NO/c1-22(26-12-6-10-24-9-4-5-11-27(24)26)7-2-3-8-23-13-15-25(16-14-23)28(21-29)17-19-30-20-18-28/h4-6,9-16,22H,2-3,7-8,17-20H2,1H3/t22-/m0/s1. The van der Waals surface area contributed by atoms with Crippen LogP contribution in [0.25, 0.3) is 10.8 Å². The predicted octanol–water partition coefficient (Wildman–Crippen LogP) is 6.93. The highest BCUT2D eigenvalue weighted by Crippen LogP contribution is 2.34. The molecule has 1 fully saturated rings. The topological polar surface area (TPSA) is 33.0 Å². The number of hydrogen-bond acceptors (Lipinski definition) is 2. The third-order valence-electron chi connectivity index (χ3n) is 6.77. The first kappa shape index (κ1) is 20.6. The number of benzene rings is 3. The van der Waals surface area contributed by atoms with Crippen molar-refractivity contribution in [3.05, 3.63) is 83.4 Å². The number of hydrogen-bond donors (Lipinski definition) is 0. The molecule has 1 aliphatic heterocycles. The second kappa shape index (κ2) is 9.45. The van der Waals surface area contributed by atoms with Gasteiger partial charge < -0.3 is 4.74 Å². The Balaban J connectivity index is 1.31. The van der Waals surface area contributed by atoms with Gasteiger partial charge in [0.1, 0.15) is 0 Å². The van der Waals surface area contributed by atoms with E-state index in [1.165, 1.54) is 41.2 Å². The van der Waals surface area contributed by atoms with Crippen LogP contribution in [-0.2, 0) is 16.6 Å². The first-order chi connectivity index (χ1) is 14.7. The smallest absolute Gasteiger partial charge is 0.0866 e. The minimum Gasteiger partial charge on any atom is -0.381 e. The Bertz CT molecular complexity index is 1000. The van der Waals surface area contributed by atoms with Crippen molar-refractivity contribution in [1.29, 1.82) is 5.26 Å². The van der Waals surface area contributed by atoms with Gasteiger partial charge >= 0.3 is 0 Å². The van der Waals surface area contributed by atoms with E-state index in [4.69, 9.17) is 4.74 Å². The number of nitrogens with zero attached hydrogens (tertiary/aromatic N) is 1. The molecule has 0 unspecified atom stereocenters. The lowest BCUT2D eigenvalue weighted by molar-refractivity contribution is 0.0675. The van der Waals surface area contributed by atoms with Crippen molar-refractivity contribution in [2.45, 2.75) is 56.8 Å². The number of aryl methyl sites for hydroxylation is 1. The molecule has 0 amide bonds. The second-order valence-corrected chi connectivity index (χ2v) is 8.72. The lowest BCUT2D eigenvalue weighted by Gasteiger charge is -2.31. The Kier molecular flexibility index (Phi) is 6.50. The van der Waals surface area contributed by atoms with Gasteiger partial charge in [0.2, 0.25) is 0 Å². The van der Waals surface area contributed by atoms with Crippen LogP contribution in [0.2, 0.25) is 0 Å². The molecule has 0 aromatic heterocycles. The van der Waals surface area contributed by atoms with Crippen LogP contribution in [0.5, 0.6) is 0 Å². The normalized spacial score (nSPS) is 16.8. The largest absolute Gasteiger partial charge is 0.381 e. The summed E-state index contributed by atoms with van der Waals surface area (Å²) in [5.74, 6) is 0.572. The highest BCUT2D eigenvalue weighted by molar-refractivity contribution is 5.86. The van der Waals surface area contributed by atoms with Gasteiger partial charge in [0.15, 0.2) is 0 Å². The minimum atomic E-state index is -0.356. The van der Waals surface area contributed by atoms with Crippen LogP contribution in [0, 0.1) is 11.3 Å². The lowest BCUT2D eigenvalue weighted by Crippen LogP contribution is -2.32. The van der Waals surface area contributed by atoms with E-state index in [-0.39, 0.29) is 5.41 Å². The maximum Gasteiger partial charge on any atom is 0.0866 e. The molecule has 0 saturated carbocycles. The molecule has 2 nitrogen and oxygen atoms in total. The van der Waals surface area contributed by atoms with E-state index >= 15 is 0 Å². The third-order valence-corrected chi connectivity index (χ3v) is 6.77. The van der Waals surface area contributed by atoms with Gasteiger partial charge in [-0.15, -0.1) is 0 Å². The molecule has 1 aliphatic rings. The average molecular weight is 398 g/mol. The van der Waals surface area contributed by atoms with Crippen molar-refractivity contribution >= 4 is 10.8 Å². The van der Waals surface area contributed by atoms with Gasteiger partial charge in [-0.3, -0.25) is 0 Å². The van der Waals surface area contributed by atoms with E-state index in [0.29, 0.717) is 19.1 Å². The zero-order valence-electron chi connectivity index (χ0n) is 17.9. The van der Waals surface area contributed by atoms with E-state index in [1.54, 1.807) is 0 Å². The fourth-order valence-corrected chi connectivity index (χ4v) is 4.79. The third kappa shape index (κ3) is 4.42. The molecule has 3 aromatic carbocycles.